The second-order valence-corrected chi connectivity index (χ2v) is 5.39. The maximum Gasteiger partial charge on any atom is 0.416 e. The molecular formula is C14H18F3OS. The Morgan fingerprint density at radius 1 is 1.21 bits per heavy atom. The predicted octanol–water partition coefficient (Wildman–Crippen LogP) is 3.96. The third kappa shape index (κ3) is 6.87. The molecule has 1 radical (unpaired) electrons. The molecule has 0 fully saturated rings. The quantitative estimate of drug-likeness (QED) is 0.732. The Hall–Kier alpha value is -0.680. The van der Waals surface area contributed by atoms with E-state index < -0.39 is 11.7 Å². The summed E-state index contributed by atoms with van der Waals surface area (Å²) < 4.78 is 37.5. The Bertz CT molecular complexity index is 366. The Morgan fingerprint density at radius 3 is 2.68 bits per heavy atom. The van der Waals surface area contributed by atoms with Gasteiger partial charge in [0.2, 0.25) is 0 Å². The molecule has 0 atom stereocenters. The van der Waals surface area contributed by atoms with E-state index in [-0.39, 0.29) is 6.61 Å². The molecule has 0 aliphatic rings. The molecule has 1 aromatic carbocycles. The van der Waals surface area contributed by atoms with Crippen molar-refractivity contribution in [3.63, 3.8) is 0 Å². The number of aliphatic hydroxyl groups excluding tert-OH is 1. The van der Waals surface area contributed by atoms with Gasteiger partial charge < -0.3 is 5.11 Å². The average molecular weight is 291 g/mol. The summed E-state index contributed by atoms with van der Waals surface area (Å²) in [7, 11) is 0. The number of rotatable bonds is 8. The van der Waals surface area contributed by atoms with Crippen molar-refractivity contribution < 1.29 is 18.3 Å². The first-order chi connectivity index (χ1) is 9.04. The number of aliphatic hydroxyl groups is 1. The number of halogens is 3. The molecule has 0 spiro atoms. The molecule has 1 rings (SSSR count). The van der Waals surface area contributed by atoms with Gasteiger partial charge in [0.25, 0.3) is 0 Å². The van der Waals surface area contributed by atoms with Gasteiger partial charge in [-0.25, -0.2) is 0 Å². The Balaban J connectivity index is 2.26. The van der Waals surface area contributed by atoms with Crippen LogP contribution in [0.25, 0.3) is 0 Å². The largest absolute Gasteiger partial charge is 0.416 e. The molecule has 0 aliphatic carbocycles. The summed E-state index contributed by atoms with van der Waals surface area (Å²) in [6, 6.07) is 5.46. The van der Waals surface area contributed by atoms with Crippen molar-refractivity contribution in [2.45, 2.75) is 25.4 Å². The van der Waals surface area contributed by atoms with Crippen LogP contribution < -0.4 is 0 Å². The van der Waals surface area contributed by atoms with Crippen LogP contribution in [0.5, 0.6) is 0 Å². The fourth-order valence-electron chi connectivity index (χ4n) is 1.64. The minimum Gasteiger partial charge on any atom is -0.396 e. The number of unbranched alkanes of at least 4 members (excludes halogenated alkanes) is 2. The van der Waals surface area contributed by atoms with Gasteiger partial charge in [-0.2, -0.15) is 24.9 Å². The van der Waals surface area contributed by atoms with Crippen molar-refractivity contribution in [3.8, 4) is 0 Å². The summed E-state index contributed by atoms with van der Waals surface area (Å²) in [6.07, 6.45) is 0.179. The highest BCUT2D eigenvalue weighted by atomic mass is 32.2. The molecule has 0 aliphatic heterocycles. The van der Waals surface area contributed by atoms with Crippen LogP contribution in [0.4, 0.5) is 13.2 Å². The highest BCUT2D eigenvalue weighted by Gasteiger charge is 2.30. The van der Waals surface area contributed by atoms with Crippen LogP contribution in [-0.2, 0) is 12.6 Å². The monoisotopic (exact) mass is 291 g/mol. The summed E-state index contributed by atoms with van der Waals surface area (Å²) in [6.45, 7) is 0.193. The van der Waals surface area contributed by atoms with Crippen LogP contribution in [0.3, 0.4) is 0 Å². The first kappa shape index (κ1) is 16.4. The molecule has 107 valence electrons. The van der Waals surface area contributed by atoms with Gasteiger partial charge in [0.15, 0.2) is 0 Å². The van der Waals surface area contributed by atoms with Crippen LogP contribution in [0, 0.1) is 6.42 Å². The number of hydrogen-bond acceptors (Lipinski definition) is 2. The van der Waals surface area contributed by atoms with Crippen LogP contribution in [0.2, 0.25) is 0 Å². The van der Waals surface area contributed by atoms with Crippen LogP contribution in [-0.4, -0.2) is 23.2 Å². The van der Waals surface area contributed by atoms with E-state index in [4.69, 9.17) is 5.11 Å². The van der Waals surface area contributed by atoms with Crippen molar-refractivity contribution in [2.75, 3.05) is 18.1 Å². The van der Waals surface area contributed by atoms with Crippen LogP contribution in [0.1, 0.15) is 24.0 Å². The Morgan fingerprint density at radius 2 is 2.00 bits per heavy atom. The lowest BCUT2D eigenvalue weighted by atomic mass is 10.0. The lowest BCUT2D eigenvalue weighted by molar-refractivity contribution is -0.137. The minimum absolute atomic E-state index is 0.193. The van der Waals surface area contributed by atoms with E-state index in [0.717, 1.165) is 30.4 Å². The molecule has 1 nitrogen and oxygen atoms in total. The second-order valence-electron chi connectivity index (χ2n) is 4.17. The van der Waals surface area contributed by atoms with E-state index in [1.54, 1.807) is 17.8 Å². The van der Waals surface area contributed by atoms with Gasteiger partial charge in [0.1, 0.15) is 0 Å². The molecule has 1 N–H and O–H groups in total. The van der Waals surface area contributed by atoms with E-state index in [1.807, 2.05) is 6.42 Å². The van der Waals surface area contributed by atoms with Crippen molar-refractivity contribution >= 4 is 11.8 Å². The second kappa shape index (κ2) is 8.48. The summed E-state index contributed by atoms with van der Waals surface area (Å²) in [5, 5.41) is 8.59. The zero-order valence-corrected chi connectivity index (χ0v) is 11.4. The first-order valence-electron chi connectivity index (χ1n) is 6.20. The number of alkyl halides is 3. The zero-order chi connectivity index (χ0) is 14.1. The van der Waals surface area contributed by atoms with Gasteiger partial charge >= 0.3 is 6.18 Å². The highest BCUT2D eigenvalue weighted by molar-refractivity contribution is 7.99. The van der Waals surface area contributed by atoms with Gasteiger partial charge in [-0.1, -0.05) is 18.2 Å². The molecule has 0 unspecified atom stereocenters. The van der Waals surface area contributed by atoms with E-state index in [9.17, 15) is 13.2 Å². The van der Waals surface area contributed by atoms with Crippen molar-refractivity contribution in [1.29, 1.82) is 0 Å². The SMILES string of the molecule is OCCSCCC[CH]Cc1cccc(C(F)(F)F)c1. The van der Waals surface area contributed by atoms with Crippen molar-refractivity contribution in [3.05, 3.63) is 41.8 Å². The third-order valence-electron chi connectivity index (χ3n) is 2.57. The molecule has 0 heterocycles. The van der Waals surface area contributed by atoms with E-state index in [1.165, 1.54) is 12.1 Å². The summed E-state index contributed by atoms with van der Waals surface area (Å²) in [4.78, 5) is 0. The Kier molecular flexibility index (Phi) is 7.31. The van der Waals surface area contributed by atoms with Crippen molar-refractivity contribution in [2.24, 2.45) is 0 Å². The fourth-order valence-corrected chi connectivity index (χ4v) is 2.34. The minimum atomic E-state index is -4.27. The molecular weight excluding hydrogens is 273 g/mol. The normalized spacial score (nSPS) is 11.8. The molecule has 0 saturated heterocycles. The van der Waals surface area contributed by atoms with Crippen LogP contribution in [0.15, 0.2) is 24.3 Å². The number of hydrogen-bond donors (Lipinski definition) is 1. The van der Waals surface area contributed by atoms with E-state index >= 15 is 0 Å². The van der Waals surface area contributed by atoms with Gasteiger partial charge in [-0.15, -0.1) is 0 Å². The number of thioether (sulfide) groups is 1. The van der Waals surface area contributed by atoms with Gasteiger partial charge in [0, 0.05) is 5.75 Å². The lowest BCUT2D eigenvalue weighted by Gasteiger charge is -2.08. The Labute approximate surface area is 116 Å². The van der Waals surface area contributed by atoms with Gasteiger partial charge in [-0.3, -0.25) is 0 Å². The molecule has 19 heavy (non-hydrogen) atoms. The van der Waals surface area contributed by atoms with Gasteiger partial charge in [-0.05, 0) is 43.1 Å². The van der Waals surface area contributed by atoms with E-state index in [0.29, 0.717) is 12.0 Å². The van der Waals surface area contributed by atoms with Gasteiger partial charge in [0.05, 0.1) is 12.2 Å². The van der Waals surface area contributed by atoms with Crippen molar-refractivity contribution in [1.82, 2.24) is 0 Å². The predicted molar refractivity (Wildman–Crippen MR) is 73.1 cm³/mol. The maximum atomic E-state index is 12.5. The van der Waals surface area contributed by atoms with Crippen LogP contribution >= 0.6 is 11.8 Å². The molecule has 0 aromatic heterocycles. The highest BCUT2D eigenvalue weighted by Crippen LogP contribution is 2.29. The summed E-state index contributed by atoms with van der Waals surface area (Å²) >= 11 is 1.69. The molecule has 0 bridgehead atoms. The fraction of sp³-hybridized carbons (Fsp3) is 0.500. The average Bonchev–Trinajstić information content (AvgIpc) is 2.37. The molecule has 5 heteroatoms. The molecule has 0 saturated carbocycles. The van der Waals surface area contributed by atoms with E-state index in [2.05, 4.69) is 0 Å². The third-order valence-corrected chi connectivity index (χ3v) is 3.62. The standard InChI is InChI=1S/C14H18F3OS/c15-14(16,17)13-7-4-6-12(11-13)5-2-1-3-9-19-10-8-18/h2,4,6-7,11,18H,1,3,5,8-10H2. The number of benzene rings is 1. The summed E-state index contributed by atoms with van der Waals surface area (Å²) in [5.41, 5.74) is 0.106. The topological polar surface area (TPSA) is 20.2 Å². The maximum absolute atomic E-state index is 12.5. The lowest BCUT2D eigenvalue weighted by Crippen LogP contribution is -2.05. The zero-order valence-electron chi connectivity index (χ0n) is 10.6. The molecule has 1 aromatic rings. The smallest absolute Gasteiger partial charge is 0.396 e. The molecule has 0 amide bonds. The summed E-state index contributed by atoms with van der Waals surface area (Å²) in [5.74, 6) is 1.72. The first-order valence-corrected chi connectivity index (χ1v) is 7.36.